The second kappa shape index (κ2) is 19.2. The van der Waals surface area contributed by atoms with Crippen molar-refractivity contribution < 1.29 is 9.90 Å². The summed E-state index contributed by atoms with van der Waals surface area (Å²) >= 11 is 0. The van der Waals surface area contributed by atoms with E-state index in [-0.39, 0.29) is 0 Å². The Bertz CT molecular complexity index is 451. The summed E-state index contributed by atoms with van der Waals surface area (Å²) in [5.41, 5.74) is 0. The molecule has 132 valence electrons. The lowest BCUT2D eigenvalue weighted by molar-refractivity contribution is -0.131. The van der Waals surface area contributed by atoms with Gasteiger partial charge in [-0.25, -0.2) is 4.79 Å². The van der Waals surface area contributed by atoms with Gasteiger partial charge in [-0.1, -0.05) is 104 Å². The molecule has 0 bridgehead atoms. The second-order valence-corrected chi connectivity index (χ2v) is 4.91. The largest absolute Gasteiger partial charge is 0.478 e. The molecule has 0 heterocycles. The molecule has 0 spiro atoms. The maximum atomic E-state index is 9.25. The van der Waals surface area contributed by atoms with Gasteiger partial charge in [0, 0.05) is 6.08 Å². The third kappa shape index (κ3) is 21.1. The predicted octanol–water partition coefficient (Wildman–Crippen LogP) is 6.27. The topological polar surface area (TPSA) is 37.3 Å². The molecule has 25 heavy (non-hydrogen) atoms. The van der Waals surface area contributed by atoms with Crippen LogP contribution in [0.25, 0.3) is 0 Å². The molecule has 2 heteroatoms. The highest BCUT2D eigenvalue weighted by atomic mass is 16.4. The quantitative estimate of drug-likeness (QED) is 0.573. The lowest BCUT2D eigenvalue weighted by atomic mass is 10.5. The minimum Gasteiger partial charge on any atom is -0.478 e. The van der Waals surface area contributed by atoms with Crippen molar-refractivity contribution in [3.63, 3.8) is 0 Å². The number of aliphatic carboxylic acids is 1. The van der Waals surface area contributed by atoms with Crippen LogP contribution in [0.1, 0.15) is 25.7 Å². The molecule has 4 rings (SSSR count). The molecule has 0 radical (unpaired) electrons. The molecule has 0 fully saturated rings. The number of rotatable bonds is 1. The van der Waals surface area contributed by atoms with Crippen molar-refractivity contribution in [2.45, 2.75) is 25.7 Å². The summed E-state index contributed by atoms with van der Waals surface area (Å²) in [6.45, 7) is 2.96. The molecule has 2 nitrogen and oxygen atoms in total. The molecule has 1 N–H and O–H groups in total. The number of carbonyl (C=O) groups is 1. The molecule has 0 amide bonds. The third-order valence-electron chi connectivity index (χ3n) is 2.80. The normalized spacial score (nSPS) is 15.4. The zero-order valence-electron chi connectivity index (χ0n) is 14.7. The van der Waals surface area contributed by atoms with Crippen LogP contribution in [0.5, 0.6) is 0 Å². The van der Waals surface area contributed by atoms with Crippen LogP contribution in [0, 0.1) is 0 Å². The Labute approximate surface area is 152 Å². The van der Waals surface area contributed by atoms with E-state index in [0.717, 1.165) is 31.8 Å². The summed E-state index contributed by atoms with van der Waals surface area (Å²) in [5, 5.41) is 7.60. The van der Waals surface area contributed by atoms with Crippen molar-refractivity contribution >= 4 is 5.97 Å². The Morgan fingerprint density at radius 1 is 0.600 bits per heavy atom. The van der Waals surface area contributed by atoms with Gasteiger partial charge in [0.2, 0.25) is 0 Å². The summed E-state index contributed by atoms with van der Waals surface area (Å²) < 4.78 is 0. The maximum Gasteiger partial charge on any atom is 0.327 e. The number of allylic oxidation sites excluding steroid dienone is 16. The lowest BCUT2D eigenvalue weighted by Crippen LogP contribution is -1.82. The molecule has 0 aromatic heterocycles. The van der Waals surface area contributed by atoms with E-state index in [2.05, 4.69) is 104 Å². The van der Waals surface area contributed by atoms with E-state index in [1.165, 1.54) is 0 Å². The van der Waals surface area contributed by atoms with Gasteiger partial charge < -0.3 is 5.11 Å². The fraction of sp³-hybridized carbons (Fsp3) is 0.174. The molecule has 0 aromatic rings. The summed E-state index contributed by atoms with van der Waals surface area (Å²) in [7, 11) is 0. The average Bonchev–Trinajstić information content (AvgIpc) is 3.46. The summed E-state index contributed by atoms with van der Waals surface area (Å²) in [4.78, 5) is 9.25. The first kappa shape index (κ1) is 22.1. The van der Waals surface area contributed by atoms with Gasteiger partial charge in [0.15, 0.2) is 0 Å². The van der Waals surface area contributed by atoms with Crippen LogP contribution in [0.2, 0.25) is 0 Å². The van der Waals surface area contributed by atoms with E-state index in [0.29, 0.717) is 0 Å². The fourth-order valence-electron chi connectivity index (χ4n) is 1.57. The number of carboxylic acid groups (broad SMARTS) is 1. The van der Waals surface area contributed by atoms with E-state index in [1.807, 2.05) is 0 Å². The zero-order chi connectivity index (χ0) is 18.4. The Balaban J connectivity index is 0.000000288. The monoisotopic (exact) mass is 336 g/mol. The van der Waals surface area contributed by atoms with Crippen LogP contribution in [-0.2, 0) is 4.79 Å². The van der Waals surface area contributed by atoms with Crippen molar-refractivity contribution in [3.8, 4) is 0 Å². The van der Waals surface area contributed by atoms with Crippen molar-refractivity contribution in [1.82, 2.24) is 0 Å². The number of hydrogen-bond donors (Lipinski definition) is 1. The number of hydrogen-bond acceptors (Lipinski definition) is 1. The van der Waals surface area contributed by atoms with Gasteiger partial charge in [-0.15, -0.1) is 0 Å². The second-order valence-electron chi connectivity index (χ2n) is 4.91. The zero-order valence-corrected chi connectivity index (χ0v) is 14.7. The Morgan fingerprint density at radius 3 is 0.800 bits per heavy atom. The van der Waals surface area contributed by atoms with Gasteiger partial charge >= 0.3 is 5.97 Å². The summed E-state index contributed by atoms with van der Waals surface area (Å²) in [6, 6.07) is 0. The molecule has 0 saturated carbocycles. The lowest BCUT2D eigenvalue weighted by Gasteiger charge is -1.64. The minimum absolute atomic E-state index is 0.833. The first-order chi connectivity index (χ1) is 12.3. The van der Waals surface area contributed by atoms with E-state index >= 15 is 0 Å². The van der Waals surface area contributed by atoms with E-state index in [9.17, 15) is 4.79 Å². The SMILES string of the molecule is C1=CCC=C1.C1=CCC=C1.C1=CCC=C1.C1=CCC=C1.C=CC(=O)O. The van der Waals surface area contributed by atoms with E-state index < -0.39 is 5.97 Å². The van der Waals surface area contributed by atoms with Gasteiger partial charge in [-0.05, 0) is 25.7 Å². The van der Waals surface area contributed by atoms with Crippen molar-refractivity contribution in [1.29, 1.82) is 0 Å². The molecule has 0 unspecified atom stereocenters. The predicted molar refractivity (Wildman–Crippen MR) is 109 cm³/mol. The molecule has 0 saturated heterocycles. The average molecular weight is 336 g/mol. The first-order valence-corrected chi connectivity index (χ1v) is 8.39. The molecule has 0 aliphatic heterocycles. The van der Waals surface area contributed by atoms with Crippen LogP contribution in [0.3, 0.4) is 0 Å². The van der Waals surface area contributed by atoms with Crippen molar-refractivity contribution in [2.24, 2.45) is 0 Å². The highest BCUT2D eigenvalue weighted by Crippen LogP contribution is 1.94. The van der Waals surface area contributed by atoms with Gasteiger partial charge in [0.05, 0.1) is 0 Å². The Hall–Kier alpha value is -2.87. The van der Waals surface area contributed by atoms with Crippen LogP contribution in [0.4, 0.5) is 0 Å². The molecule has 4 aliphatic carbocycles. The summed E-state index contributed by atoms with van der Waals surface area (Å²) in [6.07, 6.45) is 38.8. The smallest absolute Gasteiger partial charge is 0.327 e. The van der Waals surface area contributed by atoms with Crippen LogP contribution < -0.4 is 0 Å². The molecule has 0 atom stereocenters. The Kier molecular flexibility index (Phi) is 17.0. The molecule has 0 aromatic carbocycles. The van der Waals surface area contributed by atoms with Gasteiger partial charge in [-0.2, -0.15) is 0 Å². The van der Waals surface area contributed by atoms with Gasteiger partial charge in [0.1, 0.15) is 0 Å². The molecular weight excluding hydrogens is 308 g/mol. The van der Waals surface area contributed by atoms with Crippen molar-refractivity contribution in [2.75, 3.05) is 0 Å². The fourth-order valence-corrected chi connectivity index (χ4v) is 1.57. The van der Waals surface area contributed by atoms with Gasteiger partial charge in [-0.3, -0.25) is 0 Å². The Morgan fingerprint density at radius 2 is 0.760 bits per heavy atom. The molecule has 4 aliphatic rings. The first-order valence-electron chi connectivity index (χ1n) is 8.39. The summed E-state index contributed by atoms with van der Waals surface area (Å²) in [5.74, 6) is -0.981. The van der Waals surface area contributed by atoms with E-state index in [4.69, 9.17) is 5.11 Å². The number of carboxylic acids is 1. The van der Waals surface area contributed by atoms with E-state index in [1.54, 1.807) is 0 Å². The minimum atomic E-state index is -0.981. The third-order valence-corrected chi connectivity index (χ3v) is 2.80. The van der Waals surface area contributed by atoms with Crippen molar-refractivity contribution in [3.05, 3.63) is 110 Å². The standard InChI is InChI=1S/4C5H6.C3H4O2/c4*1-2-4-5-3-1;1-2-3(4)5/h4*1-4H,5H2;2H,1H2,(H,4,5). The highest BCUT2D eigenvalue weighted by Gasteiger charge is 1.74. The highest BCUT2D eigenvalue weighted by molar-refractivity contribution is 5.78. The van der Waals surface area contributed by atoms with Crippen LogP contribution >= 0.6 is 0 Å². The van der Waals surface area contributed by atoms with Crippen LogP contribution in [0.15, 0.2) is 110 Å². The maximum absolute atomic E-state index is 9.25. The van der Waals surface area contributed by atoms with Gasteiger partial charge in [0.25, 0.3) is 0 Å². The molecular formula is C23H28O2. The van der Waals surface area contributed by atoms with Crippen LogP contribution in [-0.4, -0.2) is 11.1 Å².